The average molecular weight is 409 g/mol. The largest absolute Gasteiger partial charge is 0.489 e. The quantitative estimate of drug-likeness (QED) is 0.818. The molecule has 2 atom stereocenters. The van der Waals surface area contributed by atoms with Gasteiger partial charge in [0.2, 0.25) is 5.82 Å². The van der Waals surface area contributed by atoms with Gasteiger partial charge in [0.15, 0.2) is 0 Å². The van der Waals surface area contributed by atoms with Crippen LogP contribution in [0.1, 0.15) is 35.3 Å². The zero-order valence-electron chi connectivity index (χ0n) is 15.4. The Hall–Kier alpha value is -3.11. The number of carbonyl (C=O) groups excluding carboxylic acids is 2. The third kappa shape index (κ3) is 3.52. The van der Waals surface area contributed by atoms with Crippen molar-refractivity contribution in [3.63, 3.8) is 0 Å². The van der Waals surface area contributed by atoms with E-state index < -0.39 is 35.9 Å². The number of rotatable bonds is 2. The van der Waals surface area contributed by atoms with E-state index >= 15 is 0 Å². The first-order valence-corrected chi connectivity index (χ1v) is 9.08. The van der Waals surface area contributed by atoms with Crippen molar-refractivity contribution >= 4 is 17.5 Å². The van der Waals surface area contributed by atoms with Gasteiger partial charge in [0.1, 0.15) is 30.3 Å². The summed E-state index contributed by atoms with van der Waals surface area (Å²) in [5, 5.41) is 6.26. The van der Waals surface area contributed by atoms with Crippen molar-refractivity contribution in [2.45, 2.75) is 37.5 Å². The van der Waals surface area contributed by atoms with Crippen molar-refractivity contribution in [1.29, 1.82) is 0 Å². The van der Waals surface area contributed by atoms with Crippen molar-refractivity contribution < 1.29 is 27.5 Å². The molecule has 0 bridgehead atoms. The monoisotopic (exact) mass is 409 g/mol. The van der Waals surface area contributed by atoms with Crippen LogP contribution in [-0.2, 0) is 11.2 Å². The molecule has 1 aromatic carbocycles. The molecule has 29 heavy (non-hydrogen) atoms. The van der Waals surface area contributed by atoms with E-state index in [2.05, 4.69) is 15.4 Å². The number of amides is 2. The zero-order valence-corrected chi connectivity index (χ0v) is 15.4. The molecule has 2 aliphatic heterocycles. The summed E-state index contributed by atoms with van der Waals surface area (Å²) in [6.07, 6.45) is -3.98. The van der Waals surface area contributed by atoms with Crippen molar-refractivity contribution in [3.05, 3.63) is 35.9 Å². The maximum absolute atomic E-state index is 13.2. The highest BCUT2D eigenvalue weighted by Crippen LogP contribution is 2.37. The van der Waals surface area contributed by atoms with Gasteiger partial charge in [-0.15, -0.1) is 5.10 Å². The van der Waals surface area contributed by atoms with E-state index in [1.54, 1.807) is 31.3 Å². The number of fused-ring (bicyclic) bond motifs is 2. The Balaban J connectivity index is 1.53. The number of nitrogens with zero attached hydrogens (tertiary/aromatic N) is 4. The van der Waals surface area contributed by atoms with E-state index in [1.165, 1.54) is 4.90 Å². The summed E-state index contributed by atoms with van der Waals surface area (Å²) in [5.74, 6) is -1.04. The van der Waals surface area contributed by atoms with Gasteiger partial charge in [-0.05, 0) is 25.0 Å². The topological polar surface area (TPSA) is 89.4 Å². The number of aryl methyl sites for hydroxylation is 1. The molecule has 8 nitrogen and oxygen atoms in total. The van der Waals surface area contributed by atoms with Gasteiger partial charge in [-0.1, -0.05) is 12.1 Å². The SMILES string of the molecule is CN1C(=O)C(NC(=O)c2nc3n(n2)C(C(F)(F)F)CCC3)COc2ccccc21. The summed E-state index contributed by atoms with van der Waals surface area (Å²) in [6, 6.07) is 4.09. The smallest absolute Gasteiger partial charge is 0.410 e. The van der Waals surface area contributed by atoms with E-state index in [0.717, 1.165) is 4.68 Å². The van der Waals surface area contributed by atoms with Gasteiger partial charge < -0.3 is 15.0 Å². The second-order valence-corrected chi connectivity index (χ2v) is 6.95. The number of anilines is 1. The summed E-state index contributed by atoms with van der Waals surface area (Å²) in [7, 11) is 1.55. The van der Waals surface area contributed by atoms with E-state index in [1.807, 2.05) is 0 Å². The van der Waals surface area contributed by atoms with Crippen LogP contribution in [0.5, 0.6) is 5.75 Å². The highest BCUT2D eigenvalue weighted by Gasteiger charge is 2.44. The molecule has 11 heteroatoms. The molecule has 4 rings (SSSR count). The van der Waals surface area contributed by atoms with Crippen LogP contribution in [0.2, 0.25) is 0 Å². The minimum atomic E-state index is -4.48. The Morgan fingerprint density at radius 3 is 2.83 bits per heavy atom. The van der Waals surface area contributed by atoms with Crippen LogP contribution in [0, 0.1) is 0 Å². The lowest BCUT2D eigenvalue weighted by molar-refractivity contribution is -0.174. The number of para-hydroxylation sites is 2. The third-order valence-electron chi connectivity index (χ3n) is 5.02. The van der Waals surface area contributed by atoms with Gasteiger partial charge in [-0.25, -0.2) is 9.67 Å². The van der Waals surface area contributed by atoms with Gasteiger partial charge in [0.05, 0.1) is 5.69 Å². The fraction of sp³-hybridized carbons (Fsp3) is 0.444. The van der Waals surface area contributed by atoms with Gasteiger partial charge >= 0.3 is 6.18 Å². The Bertz CT molecular complexity index is 958. The molecule has 2 aliphatic rings. The normalized spacial score (nSPS) is 21.7. The van der Waals surface area contributed by atoms with Gasteiger partial charge in [-0.3, -0.25) is 9.59 Å². The number of alkyl halides is 3. The number of ether oxygens (including phenoxy) is 1. The fourth-order valence-corrected chi connectivity index (χ4v) is 3.53. The van der Waals surface area contributed by atoms with E-state index in [9.17, 15) is 22.8 Å². The first kappa shape index (κ1) is 19.2. The van der Waals surface area contributed by atoms with Crippen LogP contribution in [0.3, 0.4) is 0 Å². The number of hydrogen-bond donors (Lipinski definition) is 1. The van der Waals surface area contributed by atoms with Crippen LogP contribution < -0.4 is 15.0 Å². The van der Waals surface area contributed by atoms with Crippen LogP contribution in [0.4, 0.5) is 18.9 Å². The first-order valence-electron chi connectivity index (χ1n) is 9.08. The molecule has 154 valence electrons. The van der Waals surface area contributed by atoms with Crippen molar-refractivity contribution in [2.75, 3.05) is 18.6 Å². The van der Waals surface area contributed by atoms with Crippen LogP contribution >= 0.6 is 0 Å². The number of halogens is 3. The van der Waals surface area contributed by atoms with Gasteiger partial charge in [0, 0.05) is 13.5 Å². The predicted octanol–water partition coefficient (Wildman–Crippen LogP) is 1.87. The van der Waals surface area contributed by atoms with Crippen LogP contribution in [-0.4, -0.2) is 52.5 Å². The lowest BCUT2D eigenvalue weighted by atomic mass is 10.1. The molecule has 0 aliphatic carbocycles. The molecule has 2 aromatic rings. The summed E-state index contributed by atoms with van der Waals surface area (Å²) in [4.78, 5) is 30.6. The van der Waals surface area contributed by atoms with Crippen LogP contribution in [0.25, 0.3) is 0 Å². The zero-order chi connectivity index (χ0) is 20.8. The number of aromatic nitrogens is 3. The minimum Gasteiger partial charge on any atom is -0.489 e. The highest BCUT2D eigenvalue weighted by atomic mass is 19.4. The molecule has 3 heterocycles. The predicted molar refractivity (Wildman–Crippen MR) is 94.7 cm³/mol. The van der Waals surface area contributed by atoms with E-state index in [-0.39, 0.29) is 18.9 Å². The van der Waals surface area contributed by atoms with Crippen molar-refractivity contribution in [2.24, 2.45) is 0 Å². The molecule has 0 saturated heterocycles. The van der Waals surface area contributed by atoms with Gasteiger partial charge in [-0.2, -0.15) is 13.2 Å². The van der Waals surface area contributed by atoms with Gasteiger partial charge in [0.25, 0.3) is 11.8 Å². The average Bonchev–Trinajstić information content (AvgIpc) is 3.09. The third-order valence-corrected chi connectivity index (χ3v) is 5.02. The van der Waals surface area contributed by atoms with Crippen molar-refractivity contribution in [1.82, 2.24) is 20.1 Å². The second-order valence-electron chi connectivity index (χ2n) is 6.95. The van der Waals surface area contributed by atoms with E-state index in [4.69, 9.17) is 4.74 Å². The fourth-order valence-electron chi connectivity index (χ4n) is 3.53. The number of carbonyl (C=O) groups is 2. The molecule has 1 N–H and O–H groups in total. The summed E-state index contributed by atoms with van der Waals surface area (Å²) in [5.41, 5.74) is 0.554. The molecule has 2 unspecified atom stereocenters. The summed E-state index contributed by atoms with van der Waals surface area (Å²) in [6.45, 7) is -0.120. The Kier molecular flexibility index (Phi) is 4.67. The highest BCUT2D eigenvalue weighted by molar-refractivity contribution is 6.02. The first-order chi connectivity index (χ1) is 13.8. The molecule has 1 aromatic heterocycles. The molecule has 0 fully saturated rings. The second kappa shape index (κ2) is 7.05. The molecule has 0 spiro atoms. The number of nitrogens with one attached hydrogen (secondary N) is 1. The Morgan fingerprint density at radius 1 is 1.31 bits per heavy atom. The molecular weight excluding hydrogens is 391 g/mol. The van der Waals surface area contributed by atoms with Crippen molar-refractivity contribution in [3.8, 4) is 5.75 Å². The van der Waals surface area contributed by atoms with Crippen LogP contribution in [0.15, 0.2) is 24.3 Å². The minimum absolute atomic E-state index is 0.108. The number of benzene rings is 1. The Morgan fingerprint density at radius 2 is 2.07 bits per heavy atom. The lowest BCUT2D eigenvalue weighted by Gasteiger charge is -2.25. The lowest BCUT2D eigenvalue weighted by Crippen LogP contribution is -2.49. The molecule has 2 amide bonds. The maximum atomic E-state index is 13.2. The Labute approximate surface area is 163 Å². The van der Waals surface area contributed by atoms with E-state index in [0.29, 0.717) is 24.3 Å². The molecular formula is C18H18F3N5O3. The summed E-state index contributed by atoms with van der Waals surface area (Å²) >= 11 is 0. The standard InChI is InChI=1S/C18H18F3N5O3/c1-25-11-5-2-3-6-12(11)29-9-10(17(25)28)22-16(27)15-23-14-8-4-7-13(18(19,20)21)26(14)24-15/h2-3,5-6,10,13H,4,7-9H2,1H3,(H,22,27). The molecule has 0 saturated carbocycles. The molecule has 0 radical (unpaired) electrons. The number of hydrogen-bond acceptors (Lipinski definition) is 5. The maximum Gasteiger partial charge on any atom is 0.410 e. The summed E-state index contributed by atoms with van der Waals surface area (Å²) < 4.78 is 46.0. The number of likely N-dealkylation sites (N-methyl/N-ethyl adjacent to an activating group) is 1.